The second-order valence-electron chi connectivity index (χ2n) is 17.8. The van der Waals surface area contributed by atoms with Crippen LogP contribution < -0.4 is 0 Å². The maximum Gasteiger partial charge on any atom is 0.312 e. The van der Waals surface area contributed by atoms with E-state index in [-0.39, 0.29) is 17.5 Å². The number of esters is 1. The van der Waals surface area contributed by atoms with Crippen LogP contribution in [0, 0.1) is 69.5 Å². The van der Waals surface area contributed by atoms with Crippen LogP contribution in [0.5, 0.6) is 0 Å². The van der Waals surface area contributed by atoms with Gasteiger partial charge in [0.05, 0.1) is 5.41 Å². The minimum Gasteiger partial charge on any atom is -0.462 e. The summed E-state index contributed by atoms with van der Waals surface area (Å²) in [5.41, 5.74) is 2.46. The van der Waals surface area contributed by atoms with Crippen molar-refractivity contribution in [3.8, 4) is 0 Å². The number of carbonyl (C=O) groups is 1. The average Bonchev–Trinajstić information content (AvgIpc) is 3.25. The van der Waals surface area contributed by atoms with Crippen LogP contribution in [0.15, 0.2) is 11.6 Å². The van der Waals surface area contributed by atoms with Gasteiger partial charge in [0.2, 0.25) is 0 Å². The van der Waals surface area contributed by atoms with E-state index in [2.05, 4.69) is 40.7 Å². The van der Waals surface area contributed by atoms with Crippen LogP contribution in [-0.2, 0) is 9.53 Å². The first-order valence-corrected chi connectivity index (χ1v) is 18.0. The van der Waals surface area contributed by atoms with Gasteiger partial charge >= 0.3 is 5.97 Å². The van der Waals surface area contributed by atoms with Crippen LogP contribution in [0.3, 0.4) is 0 Å². The van der Waals surface area contributed by atoms with Gasteiger partial charge in [-0.2, -0.15) is 0 Å². The topological polar surface area (TPSA) is 26.3 Å². The van der Waals surface area contributed by atoms with E-state index in [9.17, 15) is 4.79 Å². The standard InChI is InChI=1S/C38H60O2/c1-24(2)7-6-8-25(3)32-11-12-33-31-10-9-29-20-30(13-15-36(29,4)34(31)14-16-37(32,33)5)40-35(39)38-21-26-17-27(22-38)19-28(18-26)23-38/h9,24-28,30-34H,6-8,10-23H2,1-5H3/t25-,26?,27?,28?,30-,31-,32+,33-,34-,36-,37+,38?/m0/s1. The monoisotopic (exact) mass is 548 g/mol. The zero-order valence-electron chi connectivity index (χ0n) is 26.7. The zero-order valence-corrected chi connectivity index (χ0v) is 26.7. The highest BCUT2D eigenvalue weighted by atomic mass is 16.5. The second-order valence-corrected chi connectivity index (χ2v) is 17.8. The van der Waals surface area contributed by atoms with Crippen molar-refractivity contribution >= 4 is 5.97 Å². The van der Waals surface area contributed by atoms with Crippen LogP contribution >= 0.6 is 0 Å². The number of carbonyl (C=O) groups excluding carboxylic acids is 1. The van der Waals surface area contributed by atoms with Crippen LogP contribution in [0.1, 0.15) is 144 Å². The van der Waals surface area contributed by atoms with Crippen molar-refractivity contribution in [2.45, 2.75) is 150 Å². The smallest absolute Gasteiger partial charge is 0.312 e. The van der Waals surface area contributed by atoms with Gasteiger partial charge in [-0.05, 0) is 148 Å². The molecule has 8 rings (SSSR count). The Morgan fingerprint density at radius 1 is 0.900 bits per heavy atom. The Hall–Kier alpha value is -0.790. The molecule has 7 fully saturated rings. The maximum absolute atomic E-state index is 13.7. The molecule has 4 bridgehead atoms. The summed E-state index contributed by atoms with van der Waals surface area (Å²) in [7, 11) is 0. The van der Waals surface area contributed by atoms with E-state index in [1.54, 1.807) is 5.57 Å². The summed E-state index contributed by atoms with van der Waals surface area (Å²) in [5, 5.41) is 0. The molecule has 0 radical (unpaired) electrons. The summed E-state index contributed by atoms with van der Waals surface area (Å²) in [6.07, 6.45) is 25.1. The molecule has 0 amide bonds. The van der Waals surface area contributed by atoms with Crippen molar-refractivity contribution in [2.75, 3.05) is 0 Å². The number of hydrogen-bond acceptors (Lipinski definition) is 2. The van der Waals surface area contributed by atoms with E-state index in [1.165, 1.54) is 77.0 Å². The van der Waals surface area contributed by atoms with Crippen molar-refractivity contribution in [1.82, 2.24) is 0 Å². The van der Waals surface area contributed by atoms with Crippen LogP contribution in [-0.4, -0.2) is 12.1 Å². The zero-order chi connectivity index (χ0) is 27.9. The highest BCUT2D eigenvalue weighted by molar-refractivity contribution is 5.77. The van der Waals surface area contributed by atoms with E-state index < -0.39 is 0 Å². The molecule has 0 spiro atoms. The van der Waals surface area contributed by atoms with Crippen LogP contribution in [0.25, 0.3) is 0 Å². The van der Waals surface area contributed by atoms with Crippen LogP contribution in [0.2, 0.25) is 0 Å². The normalized spacial score (nSPS) is 49.7. The third-order valence-electron chi connectivity index (χ3n) is 15.0. The van der Waals surface area contributed by atoms with Gasteiger partial charge in [-0.1, -0.05) is 65.5 Å². The number of hydrogen-bond donors (Lipinski definition) is 0. The molecule has 224 valence electrons. The lowest BCUT2D eigenvalue weighted by Gasteiger charge is -2.58. The third kappa shape index (κ3) is 4.49. The Morgan fingerprint density at radius 3 is 2.27 bits per heavy atom. The Balaban J connectivity index is 1.01. The molecule has 0 aromatic heterocycles. The Labute approximate surface area is 246 Å². The molecule has 0 unspecified atom stereocenters. The first kappa shape index (κ1) is 28.0. The Morgan fingerprint density at radius 2 is 1.60 bits per heavy atom. The Kier molecular flexibility index (Phi) is 7.10. The van der Waals surface area contributed by atoms with E-state index in [0.29, 0.717) is 10.8 Å². The summed E-state index contributed by atoms with van der Waals surface area (Å²) in [5.74, 6) is 7.94. The molecule has 2 heteroatoms. The molecule has 0 heterocycles. The predicted octanol–water partition coefficient (Wildman–Crippen LogP) is 10.2. The fourth-order valence-corrected chi connectivity index (χ4v) is 13.4. The summed E-state index contributed by atoms with van der Waals surface area (Å²) < 4.78 is 6.50. The minimum atomic E-state index is -0.111. The molecule has 0 aliphatic heterocycles. The lowest BCUT2D eigenvalue weighted by Crippen LogP contribution is -2.52. The minimum absolute atomic E-state index is 0.111. The first-order valence-electron chi connectivity index (χ1n) is 18.0. The third-order valence-corrected chi connectivity index (χ3v) is 15.0. The van der Waals surface area contributed by atoms with Crippen molar-refractivity contribution in [3.05, 3.63) is 11.6 Å². The van der Waals surface area contributed by atoms with Gasteiger partial charge in [-0.25, -0.2) is 0 Å². The lowest BCUT2D eigenvalue weighted by molar-refractivity contribution is -0.179. The fourth-order valence-electron chi connectivity index (χ4n) is 13.4. The highest BCUT2D eigenvalue weighted by Crippen LogP contribution is 2.68. The number of rotatable bonds is 7. The molecule has 8 aliphatic rings. The van der Waals surface area contributed by atoms with Crippen molar-refractivity contribution in [1.29, 1.82) is 0 Å². The van der Waals surface area contributed by atoms with Gasteiger partial charge in [0, 0.05) is 6.42 Å². The summed E-state index contributed by atoms with van der Waals surface area (Å²) in [6, 6.07) is 0. The van der Waals surface area contributed by atoms with E-state index >= 15 is 0 Å². The van der Waals surface area contributed by atoms with Gasteiger partial charge < -0.3 is 4.74 Å². The van der Waals surface area contributed by atoms with E-state index in [4.69, 9.17) is 4.74 Å². The van der Waals surface area contributed by atoms with Crippen molar-refractivity contribution < 1.29 is 9.53 Å². The fraction of sp³-hybridized carbons (Fsp3) is 0.921. The Bertz CT molecular complexity index is 972. The predicted molar refractivity (Wildman–Crippen MR) is 164 cm³/mol. The quantitative estimate of drug-likeness (QED) is 0.234. The molecular formula is C38H60O2. The number of fused-ring (bicyclic) bond motifs is 5. The second kappa shape index (κ2) is 10.1. The molecule has 40 heavy (non-hydrogen) atoms. The first-order chi connectivity index (χ1) is 19.1. The number of allylic oxidation sites excluding steroid dienone is 1. The largest absolute Gasteiger partial charge is 0.462 e. The molecule has 2 nitrogen and oxygen atoms in total. The number of ether oxygens (including phenoxy) is 1. The van der Waals surface area contributed by atoms with Gasteiger partial charge in [0.15, 0.2) is 0 Å². The molecule has 0 aromatic carbocycles. The van der Waals surface area contributed by atoms with Gasteiger partial charge in [-0.3, -0.25) is 4.79 Å². The molecule has 7 saturated carbocycles. The molecule has 8 atom stereocenters. The van der Waals surface area contributed by atoms with Crippen molar-refractivity contribution in [3.63, 3.8) is 0 Å². The summed E-state index contributed by atoms with van der Waals surface area (Å²) in [4.78, 5) is 13.7. The average molecular weight is 549 g/mol. The van der Waals surface area contributed by atoms with E-state index in [0.717, 1.165) is 85.4 Å². The summed E-state index contributed by atoms with van der Waals surface area (Å²) >= 11 is 0. The molecule has 0 aromatic rings. The SMILES string of the molecule is CC(C)CCC[C@H](C)[C@H]1CC[C@H]2[C@@H]3CC=C4C[C@@H](OC(=O)C56CC7CC(CC(C7)C5)C6)CC[C@]4(C)[C@H]3CC[C@]12C. The maximum atomic E-state index is 13.7. The van der Waals surface area contributed by atoms with Crippen molar-refractivity contribution in [2.24, 2.45) is 69.5 Å². The molecule has 0 saturated heterocycles. The van der Waals surface area contributed by atoms with Gasteiger partial charge in [0.1, 0.15) is 6.10 Å². The molecule has 0 N–H and O–H groups in total. The highest BCUT2D eigenvalue weighted by Gasteiger charge is 2.60. The van der Waals surface area contributed by atoms with Gasteiger partial charge in [-0.15, -0.1) is 0 Å². The molecular weight excluding hydrogens is 488 g/mol. The lowest BCUT2D eigenvalue weighted by atomic mass is 9.47. The van der Waals surface area contributed by atoms with Gasteiger partial charge in [0.25, 0.3) is 0 Å². The van der Waals surface area contributed by atoms with Crippen LogP contribution in [0.4, 0.5) is 0 Å². The molecule has 8 aliphatic carbocycles. The summed E-state index contributed by atoms with van der Waals surface area (Å²) in [6.45, 7) is 12.7. The van der Waals surface area contributed by atoms with E-state index in [1.807, 2.05) is 0 Å².